The van der Waals surface area contributed by atoms with Gasteiger partial charge in [-0.15, -0.1) is 0 Å². The van der Waals surface area contributed by atoms with E-state index in [2.05, 4.69) is 37.6 Å². The smallest absolute Gasteiger partial charge is 0.154 e. The monoisotopic (exact) mass is 314 g/mol. The molecule has 0 aromatic carbocycles. The van der Waals surface area contributed by atoms with Crippen molar-refractivity contribution in [1.82, 2.24) is 14.9 Å². The third-order valence-electron chi connectivity index (χ3n) is 1.92. The summed E-state index contributed by atoms with van der Waals surface area (Å²) >= 11 is 2.29. The summed E-state index contributed by atoms with van der Waals surface area (Å²) in [5.74, 6) is 0.730. The van der Waals surface area contributed by atoms with Gasteiger partial charge in [0.25, 0.3) is 0 Å². The molecule has 2 aromatic heterocycles. The van der Waals surface area contributed by atoms with Crippen LogP contribution in [0.4, 0.5) is 5.82 Å². The number of nitrogens with one attached hydrogen (secondary N) is 1. The molecule has 5 heteroatoms. The van der Waals surface area contributed by atoms with Crippen LogP contribution in [0, 0.1) is 3.57 Å². The van der Waals surface area contributed by atoms with Gasteiger partial charge in [0.2, 0.25) is 0 Å². The Morgan fingerprint density at radius 3 is 3.07 bits per heavy atom. The molecule has 2 rings (SSSR count). The molecular weight excluding hydrogens is 303 g/mol. The van der Waals surface area contributed by atoms with Crippen molar-refractivity contribution < 1.29 is 0 Å². The first-order valence-corrected chi connectivity index (χ1v) is 5.58. The molecule has 0 aliphatic carbocycles. The zero-order valence-corrected chi connectivity index (χ0v) is 10.7. The first-order valence-electron chi connectivity index (χ1n) is 4.50. The maximum absolute atomic E-state index is 4.25. The highest BCUT2D eigenvalue weighted by atomic mass is 127. The number of H-pyrrole nitrogens is 1. The summed E-state index contributed by atoms with van der Waals surface area (Å²) in [5.41, 5.74) is 1.04. The zero-order valence-electron chi connectivity index (χ0n) is 8.53. The number of aromatic amines is 1. The third kappa shape index (κ3) is 2.28. The summed E-state index contributed by atoms with van der Waals surface area (Å²) in [6, 6.07) is 1.98. The molecule has 78 valence electrons. The molecule has 1 N–H and O–H groups in total. The van der Waals surface area contributed by atoms with Crippen molar-refractivity contribution in [3.8, 4) is 0 Å². The van der Waals surface area contributed by atoms with Gasteiger partial charge in [0, 0.05) is 29.2 Å². The van der Waals surface area contributed by atoms with Gasteiger partial charge in [-0.1, -0.05) is 0 Å². The molecule has 2 heterocycles. The fourth-order valence-corrected chi connectivity index (χ4v) is 1.82. The molecule has 0 aliphatic heterocycles. The van der Waals surface area contributed by atoms with Crippen LogP contribution < -0.4 is 0 Å². The Balaban J connectivity index is 2.41. The van der Waals surface area contributed by atoms with Gasteiger partial charge < -0.3 is 9.88 Å². The number of halogens is 1. The Labute approximate surface area is 102 Å². The van der Waals surface area contributed by atoms with Crippen molar-refractivity contribution in [3.63, 3.8) is 0 Å². The molecule has 2 aromatic rings. The van der Waals surface area contributed by atoms with E-state index in [1.54, 1.807) is 12.5 Å². The number of nitrogens with zero attached hydrogens (tertiary/aromatic N) is 3. The minimum absolute atomic E-state index is 0.730. The lowest BCUT2D eigenvalue weighted by atomic mass is 10.3. The Morgan fingerprint density at radius 1 is 1.53 bits per heavy atom. The molecule has 0 aliphatic rings. The number of aliphatic imine (C=N–C) groups is 1. The standard InChI is InChI=1S/C10H11IN4/c1-15(2)6-14-10-3-7-8(11)4-12-9(7)5-13-10/h3-6,12H,1-2H3. The van der Waals surface area contributed by atoms with Crippen molar-refractivity contribution in [1.29, 1.82) is 0 Å². The Kier molecular flexibility index (Phi) is 2.90. The summed E-state index contributed by atoms with van der Waals surface area (Å²) in [7, 11) is 3.87. The van der Waals surface area contributed by atoms with Gasteiger partial charge in [0.1, 0.15) is 0 Å². The van der Waals surface area contributed by atoms with Crippen molar-refractivity contribution in [2.45, 2.75) is 0 Å². The number of rotatable bonds is 2. The first kappa shape index (κ1) is 10.4. The molecule has 0 spiro atoms. The minimum atomic E-state index is 0.730. The highest BCUT2D eigenvalue weighted by molar-refractivity contribution is 14.1. The first-order chi connectivity index (χ1) is 7.16. The van der Waals surface area contributed by atoms with E-state index in [0.29, 0.717) is 0 Å². The SMILES string of the molecule is CN(C)C=Nc1cc2c(I)c[nH]c2cn1. The van der Waals surface area contributed by atoms with Gasteiger partial charge >= 0.3 is 0 Å². The van der Waals surface area contributed by atoms with Crippen molar-refractivity contribution in [2.75, 3.05) is 14.1 Å². The normalized spacial score (nSPS) is 11.4. The predicted octanol–water partition coefficient (Wildman–Crippen LogP) is 2.39. The maximum Gasteiger partial charge on any atom is 0.154 e. The van der Waals surface area contributed by atoms with E-state index in [0.717, 1.165) is 16.7 Å². The average molecular weight is 314 g/mol. The van der Waals surface area contributed by atoms with Crippen molar-refractivity contribution in [3.05, 3.63) is 22.0 Å². The largest absolute Gasteiger partial charge is 0.369 e. The second kappa shape index (κ2) is 4.18. The summed E-state index contributed by atoms with van der Waals surface area (Å²) in [4.78, 5) is 13.5. The molecule has 0 atom stereocenters. The van der Waals surface area contributed by atoms with Gasteiger partial charge in [-0.3, -0.25) is 0 Å². The van der Waals surface area contributed by atoms with Crippen molar-refractivity contribution >= 4 is 45.7 Å². The van der Waals surface area contributed by atoms with Crippen molar-refractivity contribution in [2.24, 2.45) is 4.99 Å². The summed E-state index contributed by atoms with van der Waals surface area (Å²) < 4.78 is 1.19. The molecule has 15 heavy (non-hydrogen) atoms. The topological polar surface area (TPSA) is 44.3 Å². The van der Waals surface area contributed by atoms with E-state index in [4.69, 9.17) is 0 Å². The van der Waals surface area contributed by atoms with E-state index in [1.807, 2.05) is 31.3 Å². The van der Waals surface area contributed by atoms with Gasteiger partial charge in [0.15, 0.2) is 5.82 Å². The quantitative estimate of drug-likeness (QED) is 0.525. The van der Waals surface area contributed by atoms with Crippen LogP contribution in [0.5, 0.6) is 0 Å². The van der Waals surface area contributed by atoms with E-state index >= 15 is 0 Å². The molecular formula is C10H11IN4. The Bertz CT molecular complexity index is 501. The number of pyridine rings is 1. The third-order valence-corrected chi connectivity index (χ3v) is 2.81. The van der Waals surface area contributed by atoms with Crippen LogP contribution >= 0.6 is 22.6 Å². The van der Waals surface area contributed by atoms with E-state index in [1.165, 1.54) is 3.57 Å². The second-order valence-corrected chi connectivity index (χ2v) is 4.60. The lowest BCUT2D eigenvalue weighted by molar-refractivity contribution is 0.643. The molecule has 0 amide bonds. The number of hydrogen-bond donors (Lipinski definition) is 1. The van der Waals surface area contributed by atoms with Crippen LogP contribution in [0.3, 0.4) is 0 Å². The molecule has 0 fully saturated rings. The molecule has 0 unspecified atom stereocenters. The lowest BCUT2D eigenvalue weighted by Crippen LogP contribution is -2.07. The molecule has 4 nitrogen and oxygen atoms in total. The predicted molar refractivity (Wildman–Crippen MR) is 70.6 cm³/mol. The second-order valence-electron chi connectivity index (χ2n) is 3.43. The van der Waals surface area contributed by atoms with Gasteiger partial charge in [-0.25, -0.2) is 9.98 Å². The number of aromatic nitrogens is 2. The van der Waals surface area contributed by atoms with Crippen LogP contribution in [0.25, 0.3) is 10.9 Å². The van der Waals surface area contributed by atoms with Gasteiger partial charge in [-0.05, 0) is 28.7 Å². The van der Waals surface area contributed by atoms with E-state index < -0.39 is 0 Å². The molecule has 0 radical (unpaired) electrons. The highest BCUT2D eigenvalue weighted by Crippen LogP contribution is 2.22. The molecule has 0 saturated carbocycles. The summed E-state index contributed by atoms with van der Waals surface area (Å²) in [5, 5.41) is 1.16. The van der Waals surface area contributed by atoms with Gasteiger partial charge in [-0.2, -0.15) is 0 Å². The fraction of sp³-hybridized carbons (Fsp3) is 0.200. The van der Waals surface area contributed by atoms with Crippen LogP contribution in [-0.2, 0) is 0 Å². The maximum atomic E-state index is 4.25. The summed E-state index contributed by atoms with van der Waals surface area (Å²) in [6.07, 6.45) is 5.51. The fourth-order valence-electron chi connectivity index (χ4n) is 1.22. The highest BCUT2D eigenvalue weighted by Gasteiger charge is 2.01. The number of fused-ring (bicyclic) bond motifs is 1. The number of hydrogen-bond acceptors (Lipinski definition) is 2. The molecule has 0 bridgehead atoms. The average Bonchev–Trinajstić information content (AvgIpc) is 2.57. The van der Waals surface area contributed by atoms with E-state index in [9.17, 15) is 0 Å². The molecule has 0 saturated heterocycles. The summed E-state index contributed by atoms with van der Waals surface area (Å²) in [6.45, 7) is 0. The zero-order chi connectivity index (χ0) is 10.8. The minimum Gasteiger partial charge on any atom is -0.369 e. The lowest BCUT2D eigenvalue weighted by Gasteiger charge is -2.01. The van der Waals surface area contributed by atoms with Crippen LogP contribution in [0.15, 0.2) is 23.5 Å². The Morgan fingerprint density at radius 2 is 2.33 bits per heavy atom. The van der Waals surface area contributed by atoms with Crippen LogP contribution in [-0.4, -0.2) is 35.3 Å². The van der Waals surface area contributed by atoms with Gasteiger partial charge in [0.05, 0.1) is 18.1 Å². The van der Waals surface area contributed by atoms with Crippen LogP contribution in [0.1, 0.15) is 0 Å². The van der Waals surface area contributed by atoms with E-state index in [-0.39, 0.29) is 0 Å². The Hall–Kier alpha value is -1.11. The van der Waals surface area contributed by atoms with Crippen LogP contribution in [0.2, 0.25) is 0 Å².